The molecule has 4 N–H and O–H groups in total. The zero-order valence-corrected chi connectivity index (χ0v) is 22.3. The van der Waals surface area contributed by atoms with Gasteiger partial charge in [0.1, 0.15) is 0 Å². The SMILES string of the molecule is CCC(=O)Nc1cc2onc(C(=O)Nc3ccc(C#N)cc3C(=O)O)c2cc1-c1ccc(NC(=O)OC)cc1C(F)(F)F. The van der Waals surface area contributed by atoms with Crippen LogP contribution in [0, 0.1) is 11.3 Å². The number of ether oxygens (including phenoxy) is 1. The Labute approximate surface area is 240 Å². The number of anilines is 3. The van der Waals surface area contributed by atoms with Gasteiger partial charge in [0.2, 0.25) is 5.91 Å². The van der Waals surface area contributed by atoms with Crippen molar-refractivity contribution in [3.8, 4) is 17.2 Å². The van der Waals surface area contributed by atoms with E-state index in [0.29, 0.717) is 6.07 Å². The molecule has 0 radical (unpaired) electrons. The fourth-order valence-corrected chi connectivity index (χ4v) is 4.05. The highest BCUT2D eigenvalue weighted by Crippen LogP contribution is 2.43. The fraction of sp³-hybridized carbons (Fsp3) is 0.143. The molecule has 0 unspecified atom stereocenters. The van der Waals surface area contributed by atoms with Crippen LogP contribution in [0.4, 0.5) is 35.0 Å². The normalized spacial score (nSPS) is 11.0. The zero-order chi connectivity index (χ0) is 31.5. The van der Waals surface area contributed by atoms with E-state index in [9.17, 15) is 37.5 Å². The van der Waals surface area contributed by atoms with Crippen LogP contribution in [-0.2, 0) is 15.7 Å². The van der Waals surface area contributed by atoms with Crippen molar-refractivity contribution in [2.45, 2.75) is 19.5 Å². The van der Waals surface area contributed by atoms with Gasteiger partial charge in [-0.1, -0.05) is 18.1 Å². The first-order valence-electron chi connectivity index (χ1n) is 12.2. The van der Waals surface area contributed by atoms with Gasteiger partial charge in [0.15, 0.2) is 11.3 Å². The van der Waals surface area contributed by atoms with Gasteiger partial charge < -0.3 is 25.0 Å². The molecule has 0 spiro atoms. The monoisotopic (exact) mass is 595 g/mol. The number of nitrogens with one attached hydrogen (secondary N) is 3. The molecule has 0 bridgehead atoms. The molecule has 4 aromatic rings. The van der Waals surface area contributed by atoms with Crippen LogP contribution in [0.15, 0.2) is 53.1 Å². The number of fused-ring (bicyclic) bond motifs is 1. The van der Waals surface area contributed by atoms with E-state index in [-0.39, 0.29) is 51.1 Å². The molecule has 0 fully saturated rings. The van der Waals surface area contributed by atoms with Crippen molar-refractivity contribution in [3.05, 3.63) is 70.9 Å². The molecule has 0 saturated carbocycles. The number of halogens is 3. The first-order chi connectivity index (χ1) is 20.4. The second kappa shape index (κ2) is 11.9. The number of amides is 3. The number of benzene rings is 3. The van der Waals surface area contributed by atoms with Crippen molar-refractivity contribution in [3.63, 3.8) is 0 Å². The number of aromatic carboxylic acids is 1. The Morgan fingerprint density at radius 1 is 1.00 bits per heavy atom. The molecule has 4 rings (SSSR count). The molecule has 3 aromatic carbocycles. The van der Waals surface area contributed by atoms with E-state index >= 15 is 0 Å². The Morgan fingerprint density at radius 2 is 1.74 bits per heavy atom. The number of hydrogen-bond donors (Lipinski definition) is 4. The van der Waals surface area contributed by atoms with Crippen molar-refractivity contribution in [2.75, 3.05) is 23.1 Å². The van der Waals surface area contributed by atoms with Crippen LogP contribution in [0.1, 0.15) is 45.3 Å². The minimum Gasteiger partial charge on any atom is -0.478 e. The Kier molecular flexibility index (Phi) is 8.32. The van der Waals surface area contributed by atoms with Gasteiger partial charge in [-0.05, 0) is 42.0 Å². The number of carbonyl (C=O) groups excluding carboxylic acids is 3. The maximum absolute atomic E-state index is 14.3. The third-order valence-electron chi connectivity index (χ3n) is 6.09. The lowest BCUT2D eigenvalue weighted by Gasteiger charge is -2.18. The first kappa shape index (κ1) is 30.1. The maximum atomic E-state index is 14.3. The third-order valence-corrected chi connectivity index (χ3v) is 6.09. The van der Waals surface area contributed by atoms with Crippen LogP contribution in [0.2, 0.25) is 0 Å². The third kappa shape index (κ3) is 6.38. The topological polar surface area (TPSA) is 184 Å². The van der Waals surface area contributed by atoms with Crippen molar-refractivity contribution in [2.24, 2.45) is 0 Å². The summed E-state index contributed by atoms with van der Waals surface area (Å²) in [6.07, 6.45) is -5.93. The van der Waals surface area contributed by atoms with E-state index in [1.807, 2.05) is 0 Å². The van der Waals surface area contributed by atoms with E-state index < -0.39 is 46.9 Å². The molecule has 220 valence electrons. The summed E-state index contributed by atoms with van der Waals surface area (Å²) in [5, 5.41) is 29.3. The molecule has 1 aromatic heterocycles. The summed E-state index contributed by atoms with van der Waals surface area (Å²) in [4.78, 5) is 48.7. The number of methoxy groups -OCH3 is 1. The lowest BCUT2D eigenvalue weighted by molar-refractivity contribution is -0.137. The van der Waals surface area contributed by atoms with E-state index in [1.54, 1.807) is 6.07 Å². The predicted octanol–water partition coefficient (Wildman–Crippen LogP) is 5.86. The van der Waals surface area contributed by atoms with Crippen LogP contribution in [0.25, 0.3) is 22.1 Å². The average Bonchev–Trinajstić information content (AvgIpc) is 3.39. The molecule has 15 heteroatoms. The van der Waals surface area contributed by atoms with Gasteiger partial charge in [-0.15, -0.1) is 0 Å². The molecule has 0 aliphatic carbocycles. The molecule has 0 saturated heterocycles. The Bertz CT molecular complexity index is 1830. The second-order valence-electron chi connectivity index (χ2n) is 8.83. The van der Waals surface area contributed by atoms with Gasteiger partial charge >= 0.3 is 18.2 Å². The summed E-state index contributed by atoms with van der Waals surface area (Å²) in [6, 6.07) is 10.6. The van der Waals surface area contributed by atoms with Gasteiger partial charge in [0, 0.05) is 23.7 Å². The minimum atomic E-state index is -4.93. The van der Waals surface area contributed by atoms with Crippen LogP contribution in [0.3, 0.4) is 0 Å². The quantitative estimate of drug-likeness (QED) is 0.203. The van der Waals surface area contributed by atoms with Crippen molar-refractivity contribution in [1.29, 1.82) is 5.26 Å². The van der Waals surface area contributed by atoms with Crippen molar-refractivity contribution in [1.82, 2.24) is 5.16 Å². The maximum Gasteiger partial charge on any atom is 0.417 e. The lowest BCUT2D eigenvalue weighted by atomic mass is 9.95. The first-order valence-corrected chi connectivity index (χ1v) is 12.2. The number of hydrogen-bond acceptors (Lipinski definition) is 8. The van der Waals surface area contributed by atoms with Crippen LogP contribution < -0.4 is 16.0 Å². The van der Waals surface area contributed by atoms with Crippen LogP contribution in [0.5, 0.6) is 0 Å². The van der Waals surface area contributed by atoms with Gasteiger partial charge in [-0.2, -0.15) is 18.4 Å². The van der Waals surface area contributed by atoms with E-state index in [4.69, 9.17) is 9.78 Å². The lowest BCUT2D eigenvalue weighted by Crippen LogP contribution is -2.16. The number of nitrogens with zero attached hydrogens (tertiary/aromatic N) is 2. The van der Waals surface area contributed by atoms with Gasteiger partial charge in [0.05, 0.1) is 46.6 Å². The highest BCUT2D eigenvalue weighted by Gasteiger charge is 2.35. The Morgan fingerprint density at radius 3 is 2.37 bits per heavy atom. The standard InChI is InChI=1S/C28H20F3N5O7/c1-3-23(37)34-21-11-22-18(10-16(21)15-6-5-14(33-27(41)42-2)9-19(15)28(29,30)31)24(36-43-22)25(38)35-20-7-4-13(12-32)8-17(20)26(39)40/h4-11H,3H2,1-2H3,(H,33,41)(H,34,37)(H,35,38)(H,39,40). The van der Waals surface area contributed by atoms with E-state index in [0.717, 1.165) is 19.2 Å². The Balaban J connectivity index is 1.87. The summed E-state index contributed by atoms with van der Waals surface area (Å²) in [5.74, 6) is -2.92. The van der Waals surface area contributed by atoms with Crippen molar-refractivity contribution >= 4 is 51.9 Å². The van der Waals surface area contributed by atoms with E-state index in [1.165, 1.54) is 37.3 Å². The predicted molar refractivity (Wildman–Crippen MR) is 145 cm³/mol. The summed E-state index contributed by atoms with van der Waals surface area (Å²) in [7, 11) is 1.04. The molecule has 1 heterocycles. The molecule has 0 aliphatic heterocycles. The number of aromatic nitrogens is 1. The highest BCUT2D eigenvalue weighted by atomic mass is 19.4. The van der Waals surface area contributed by atoms with E-state index in [2.05, 4.69) is 25.8 Å². The summed E-state index contributed by atoms with van der Waals surface area (Å²) >= 11 is 0. The van der Waals surface area contributed by atoms with Gasteiger partial charge in [0.25, 0.3) is 5.91 Å². The molecular weight excluding hydrogens is 575 g/mol. The molecule has 43 heavy (non-hydrogen) atoms. The molecule has 3 amide bonds. The number of alkyl halides is 3. The zero-order valence-electron chi connectivity index (χ0n) is 22.3. The number of rotatable bonds is 7. The Hall–Kier alpha value is -5.91. The minimum absolute atomic E-state index is 0.00778. The number of carboxylic acid groups (broad SMARTS) is 1. The second-order valence-corrected chi connectivity index (χ2v) is 8.83. The number of carboxylic acids is 1. The largest absolute Gasteiger partial charge is 0.478 e. The summed E-state index contributed by atoms with van der Waals surface area (Å²) in [5.41, 5.74) is -3.06. The highest BCUT2D eigenvalue weighted by molar-refractivity contribution is 6.14. The smallest absolute Gasteiger partial charge is 0.417 e. The summed E-state index contributed by atoms with van der Waals surface area (Å²) < 4.78 is 52.5. The van der Waals surface area contributed by atoms with Crippen LogP contribution in [-0.4, -0.2) is 41.2 Å². The van der Waals surface area contributed by atoms with Gasteiger partial charge in [-0.25, -0.2) is 9.59 Å². The van der Waals surface area contributed by atoms with Crippen LogP contribution >= 0.6 is 0 Å². The van der Waals surface area contributed by atoms with Crippen molar-refractivity contribution < 1.29 is 46.7 Å². The molecular formula is C28H20F3N5O7. The molecule has 0 atom stereocenters. The van der Waals surface area contributed by atoms with Gasteiger partial charge in [-0.3, -0.25) is 14.9 Å². The molecule has 12 nitrogen and oxygen atoms in total. The molecule has 0 aliphatic rings. The summed E-state index contributed by atoms with van der Waals surface area (Å²) in [6.45, 7) is 1.54. The number of nitriles is 1. The fourth-order valence-electron chi connectivity index (χ4n) is 4.05. The number of carbonyl (C=O) groups is 4. The average molecular weight is 595 g/mol.